The van der Waals surface area contributed by atoms with E-state index in [4.69, 9.17) is 5.73 Å². The molecule has 0 saturated heterocycles. The van der Waals surface area contributed by atoms with Crippen LogP contribution in [-0.4, -0.2) is 16.5 Å². The van der Waals surface area contributed by atoms with Crippen molar-refractivity contribution in [2.24, 2.45) is 5.73 Å². The summed E-state index contributed by atoms with van der Waals surface area (Å²) in [5, 5.41) is 0. The molecule has 0 bridgehead atoms. The number of aromatic nitrogens is 2. The van der Waals surface area contributed by atoms with Crippen LogP contribution in [0.3, 0.4) is 0 Å². The molecule has 0 aromatic carbocycles. The first kappa shape index (κ1) is 8.14. The van der Waals surface area contributed by atoms with Gasteiger partial charge in [0.2, 0.25) is 0 Å². The summed E-state index contributed by atoms with van der Waals surface area (Å²) in [6.45, 7) is 4.69. The minimum atomic E-state index is -0.0613. The van der Waals surface area contributed by atoms with Gasteiger partial charge in [-0.25, -0.2) is 0 Å². The summed E-state index contributed by atoms with van der Waals surface area (Å²) in [5.74, 6) is 0. The Morgan fingerprint density at radius 3 is 2.64 bits per heavy atom. The quantitative estimate of drug-likeness (QED) is 0.677. The molecule has 11 heavy (non-hydrogen) atoms. The predicted octanol–water partition coefficient (Wildman–Crippen LogP) is 0.713. The molecule has 0 atom stereocenters. The Kier molecular flexibility index (Phi) is 2.19. The second kappa shape index (κ2) is 2.96. The summed E-state index contributed by atoms with van der Waals surface area (Å²) < 4.78 is 0. The Bertz CT molecular complexity index is 218. The molecule has 0 saturated carbocycles. The van der Waals surface area contributed by atoms with Gasteiger partial charge < -0.3 is 5.73 Å². The van der Waals surface area contributed by atoms with Crippen LogP contribution in [0.1, 0.15) is 19.5 Å². The Labute approximate surface area is 66.7 Å². The van der Waals surface area contributed by atoms with Gasteiger partial charge in [0.15, 0.2) is 0 Å². The molecule has 0 aliphatic heterocycles. The van der Waals surface area contributed by atoms with Gasteiger partial charge in [-0.2, -0.15) is 0 Å². The molecule has 0 amide bonds. The Hall–Kier alpha value is -0.960. The minimum absolute atomic E-state index is 0.0613. The van der Waals surface area contributed by atoms with Crippen LogP contribution in [0, 0.1) is 0 Å². The molecular weight excluding hydrogens is 138 g/mol. The van der Waals surface area contributed by atoms with Crippen LogP contribution in [0.5, 0.6) is 0 Å². The van der Waals surface area contributed by atoms with Crippen molar-refractivity contribution in [3.63, 3.8) is 0 Å². The molecule has 1 aromatic rings. The van der Waals surface area contributed by atoms with Crippen molar-refractivity contribution < 1.29 is 0 Å². The molecule has 0 spiro atoms. The summed E-state index contributed by atoms with van der Waals surface area (Å²) in [6.07, 6.45) is 5.11. The monoisotopic (exact) mass is 151 g/mol. The van der Waals surface area contributed by atoms with Gasteiger partial charge in [0.05, 0.1) is 5.69 Å². The molecule has 0 aliphatic rings. The highest BCUT2D eigenvalue weighted by Crippen LogP contribution is 2.17. The predicted molar refractivity (Wildman–Crippen MR) is 44.1 cm³/mol. The van der Waals surface area contributed by atoms with Crippen LogP contribution in [0.25, 0.3) is 0 Å². The third-order valence-corrected chi connectivity index (χ3v) is 1.77. The first-order chi connectivity index (χ1) is 5.17. The first-order valence-electron chi connectivity index (χ1n) is 3.63. The van der Waals surface area contributed by atoms with Crippen LogP contribution >= 0.6 is 0 Å². The van der Waals surface area contributed by atoms with Crippen molar-refractivity contribution in [2.75, 3.05) is 6.54 Å². The third-order valence-electron chi connectivity index (χ3n) is 1.77. The zero-order valence-electron chi connectivity index (χ0n) is 6.91. The average molecular weight is 151 g/mol. The minimum Gasteiger partial charge on any atom is -0.330 e. The molecule has 3 nitrogen and oxygen atoms in total. The SMILES string of the molecule is CC(C)(CN)c1cnccn1. The fraction of sp³-hybridized carbons (Fsp3) is 0.500. The van der Waals surface area contributed by atoms with E-state index in [0.29, 0.717) is 6.54 Å². The van der Waals surface area contributed by atoms with Gasteiger partial charge in [-0.1, -0.05) is 13.8 Å². The zero-order valence-corrected chi connectivity index (χ0v) is 6.91. The van der Waals surface area contributed by atoms with E-state index in [1.54, 1.807) is 18.6 Å². The van der Waals surface area contributed by atoms with Gasteiger partial charge in [-0.05, 0) is 0 Å². The summed E-state index contributed by atoms with van der Waals surface area (Å²) in [7, 11) is 0. The van der Waals surface area contributed by atoms with Crippen molar-refractivity contribution in [1.29, 1.82) is 0 Å². The summed E-state index contributed by atoms with van der Waals surface area (Å²) >= 11 is 0. The molecule has 1 rings (SSSR count). The topological polar surface area (TPSA) is 51.8 Å². The second-order valence-electron chi connectivity index (χ2n) is 3.18. The van der Waals surface area contributed by atoms with Crippen molar-refractivity contribution in [3.8, 4) is 0 Å². The maximum atomic E-state index is 5.57. The van der Waals surface area contributed by atoms with Gasteiger partial charge in [0.25, 0.3) is 0 Å². The molecule has 0 fully saturated rings. The van der Waals surface area contributed by atoms with Crippen LogP contribution in [0.15, 0.2) is 18.6 Å². The Morgan fingerprint density at radius 2 is 2.18 bits per heavy atom. The van der Waals surface area contributed by atoms with Gasteiger partial charge in [-0.3, -0.25) is 9.97 Å². The smallest absolute Gasteiger partial charge is 0.0655 e. The van der Waals surface area contributed by atoms with E-state index in [9.17, 15) is 0 Å². The highest BCUT2D eigenvalue weighted by atomic mass is 14.8. The number of rotatable bonds is 2. The normalized spacial score (nSPS) is 11.5. The number of hydrogen-bond acceptors (Lipinski definition) is 3. The van der Waals surface area contributed by atoms with Gasteiger partial charge in [0, 0.05) is 30.6 Å². The average Bonchev–Trinajstić information content (AvgIpc) is 2.06. The summed E-state index contributed by atoms with van der Waals surface area (Å²) in [5.41, 5.74) is 6.46. The highest BCUT2D eigenvalue weighted by molar-refractivity contribution is 5.09. The molecule has 3 heteroatoms. The number of hydrogen-bond donors (Lipinski definition) is 1. The number of nitrogens with two attached hydrogens (primary N) is 1. The van der Waals surface area contributed by atoms with E-state index in [-0.39, 0.29) is 5.41 Å². The van der Waals surface area contributed by atoms with Gasteiger partial charge >= 0.3 is 0 Å². The lowest BCUT2D eigenvalue weighted by molar-refractivity contribution is 0.519. The number of nitrogens with zero attached hydrogens (tertiary/aromatic N) is 2. The van der Waals surface area contributed by atoms with Crippen molar-refractivity contribution in [3.05, 3.63) is 24.3 Å². The maximum absolute atomic E-state index is 5.57. The van der Waals surface area contributed by atoms with Gasteiger partial charge in [0.1, 0.15) is 0 Å². The molecule has 0 unspecified atom stereocenters. The van der Waals surface area contributed by atoms with Crippen molar-refractivity contribution in [2.45, 2.75) is 19.3 Å². The molecule has 0 aliphatic carbocycles. The highest BCUT2D eigenvalue weighted by Gasteiger charge is 2.19. The lowest BCUT2D eigenvalue weighted by Crippen LogP contribution is -2.29. The van der Waals surface area contributed by atoms with E-state index < -0.39 is 0 Å². The van der Waals surface area contributed by atoms with Crippen LogP contribution in [0.4, 0.5) is 0 Å². The Balaban J connectivity index is 2.93. The molecule has 1 heterocycles. The fourth-order valence-corrected chi connectivity index (χ4v) is 0.753. The van der Waals surface area contributed by atoms with E-state index >= 15 is 0 Å². The molecule has 1 aromatic heterocycles. The van der Waals surface area contributed by atoms with Crippen LogP contribution in [0.2, 0.25) is 0 Å². The standard InChI is InChI=1S/C8H13N3/c1-8(2,6-9)7-5-10-3-4-11-7/h3-5H,6,9H2,1-2H3. The summed E-state index contributed by atoms with van der Waals surface area (Å²) in [4.78, 5) is 8.16. The summed E-state index contributed by atoms with van der Waals surface area (Å²) in [6, 6.07) is 0. The third kappa shape index (κ3) is 1.74. The van der Waals surface area contributed by atoms with E-state index in [1.165, 1.54) is 0 Å². The van der Waals surface area contributed by atoms with E-state index in [0.717, 1.165) is 5.69 Å². The lowest BCUT2D eigenvalue weighted by atomic mass is 9.90. The lowest BCUT2D eigenvalue weighted by Gasteiger charge is -2.20. The first-order valence-corrected chi connectivity index (χ1v) is 3.63. The molecule has 60 valence electrons. The molecule has 0 radical (unpaired) electrons. The maximum Gasteiger partial charge on any atom is 0.0655 e. The second-order valence-corrected chi connectivity index (χ2v) is 3.18. The van der Waals surface area contributed by atoms with Gasteiger partial charge in [-0.15, -0.1) is 0 Å². The molecule has 2 N–H and O–H groups in total. The van der Waals surface area contributed by atoms with Crippen LogP contribution in [-0.2, 0) is 5.41 Å². The zero-order chi connectivity index (χ0) is 8.32. The van der Waals surface area contributed by atoms with Crippen molar-refractivity contribution in [1.82, 2.24) is 9.97 Å². The van der Waals surface area contributed by atoms with E-state index in [1.807, 2.05) is 0 Å². The fourth-order valence-electron chi connectivity index (χ4n) is 0.753. The van der Waals surface area contributed by atoms with E-state index in [2.05, 4.69) is 23.8 Å². The van der Waals surface area contributed by atoms with Crippen molar-refractivity contribution >= 4 is 0 Å². The van der Waals surface area contributed by atoms with Crippen LogP contribution < -0.4 is 5.73 Å². The molecular formula is C8H13N3. The Morgan fingerprint density at radius 1 is 1.45 bits per heavy atom. The largest absolute Gasteiger partial charge is 0.330 e.